The smallest absolute Gasteiger partial charge is 0.223 e. The van der Waals surface area contributed by atoms with Gasteiger partial charge in [-0.1, -0.05) is 47.5 Å². The van der Waals surface area contributed by atoms with E-state index >= 15 is 0 Å². The van der Waals surface area contributed by atoms with E-state index < -0.39 is 10.0 Å². The number of hydrogen-bond acceptors (Lipinski definition) is 4. The molecule has 0 unspecified atom stereocenters. The number of ether oxygens (including phenoxy) is 1. The number of sulfonamides is 1. The molecule has 0 bridgehead atoms. The summed E-state index contributed by atoms with van der Waals surface area (Å²) in [5.74, 6) is 0.276. The maximum atomic E-state index is 12.8. The molecule has 0 radical (unpaired) electrons. The van der Waals surface area contributed by atoms with Gasteiger partial charge in [-0.2, -0.15) is 0 Å². The first-order valence-corrected chi connectivity index (χ1v) is 12.4. The van der Waals surface area contributed by atoms with Crippen molar-refractivity contribution in [1.29, 1.82) is 0 Å². The largest absolute Gasteiger partial charge is 0.496 e. The Kier molecular flexibility index (Phi) is 7.86. The lowest BCUT2D eigenvalue weighted by Gasteiger charge is -2.31. The highest BCUT2D eigenvalue weighted by Gasteiger charge is 2.32. The minimum absolute atomic E-state index is 0.0695. The maximum Gasteiger partial charge on any atom is 0.223 e. The Morgan fingerprint density at radius 3 is 2.48 bits per heavy atom. The van der Waals surface area contributed by atoms with E-state index in [0.29, 0.717) is 41.5 Å². The minimum Gasteiger partial charge on any atom is -0.496 e. The van der Waals surface area contributed by atoms with Gasteiger partial charge in [0.05, 0.1) is 28.9 Å². The van der Waals surface area contributed by atoms with Crippen LogP contribution in [0.3, 0.4) is 0 Å². The molecule has 2 aromatic rings. The molecule has 3 rings (SSSR count). The number of benzene rings is 2. The van der Waals surface area contributed by atoms with E-state index in [0.717, 1.165) is 11.3 Å². The zero-order valence-corrected chi connectivity index (χ0v) is 19.8. The molecule has 2 aromatic carbocycles. The van der Waals surface area contributed by atoms with Crippen LogP contribution in [0.4, 0.5) is 0 Å². The first-order chi connectivity index (χ1) is 14.7. The van der Waals surface area contributed by atoms with Crippen LogP contribution in [-0.4, -0.2) is 38.8 Å². The van der Waals surface area contributed by atoms with Gasteiger partial charge in [-0.15, -0.1) is 0 Å². The summed E-state index contributed by atoms with van der Waals surface area (Å²) >= 11 is 11.9. The Morgan fingerprint density at radius 2 is 1.84 bits per heavy atom. The van der Waals surface area contributed by atoms with Crippen LogP contribution >= 0.6 is 23.2 Å². The fraction of sp³-hybridized carbons (Fsp3) is 0.409. The second-order valence-electron chi connectivity index (χ2n) is 7.65. The Labute approximate surface area is 193 Å². The van der Waals surface area contributed by atoms with Crippen LogP contribution in [0.1, 0.15) is 36.9 Å². The highest BCUT2D eigenvalue weighted by molar-refractivity contribution is 7.88. The Bertz CT molecular complexity index is 1040. The van der Waals surface area contributed by atoms with Crippen molar-refractivity contribution < 1.29 is 17.9 Å². The SMILES string of the molecule is COc1ccccc1[C@@H](C)NC(=O)C1CCN(S(=O)(=O)Cc2ccc(Cl)c(Cl)c2)CC1. The Balaban J connectivity index is 1.56. The average Bonchev–Trinajstić information content (AvgIpc) is 2.76. The average molecular weight is 485 g/mol. The number of hydrogen-bond donors (Lipinski definition) is 1. The normalized spacial score (nSPS) is 16.6. The monoisotopic (exact) mass is 484 g/mol. The van der Waals surface area contributed by atoms with Crippen molar-refractivity contribution in [2.24, 2.45) is 5.92 Å². The van der Waals surface area contributed by atoms with Gasteiger partial charge < -0.3 is 10.1 Å². The van der Waals surface area contributed by atoms with Gasteiger partial charge >= 0.3 is 0 Å². The van der Waals surface area contributed by atoms with Gasteiger partial charge in [0.15, 0.2) is 0 Å². The fourth-order valence-electron chi connectivity index (χ4n) is 3.76. The summed E-state index contributed by atoms with van der Waals surface area (Å²) in [5.41, 5.74) is 1.49. The quantitative estimate of drug-likeness (QED) is 0.630. The number of piperidine rings is 1. The van der Waals surface area contributed by atoms with E-state index in [1.165, 1.54) is 4.31 Å². The van der Waals surface area contributed by atoms with E-state index in [-0.39, 0.29) is 23.6 Å². The first kappa shape index (κ1) is 23.9. The zero-order valence-electron chi connectivity index (χ0n) is 17.5. The lowest BCUT2D eigenvalue weighted by atomic mass is 9.96. The van der Waals surface area contributed by atoms with Crippen LogP contribution in [-0.2, 0) is 20.6 Å². The second kappa shape index (κ2) is 10.2. The number of methoxy groups -OCH3 is 1. The van der Waals surface area contributed by atoms with Crippen molar-refractivity contribution in [3.63, 3.8) is 0 Å². The van der Waals surface area contributed by atoms with Gasteiger partial charge in [0.25, 0.3) is 0 Å². The number of nitrogens with one attached hydrogen (secondary N) is 1. The Hall–Kier alpha value is -1.80. The summed E-state index contributed by atoms with van der Waals surface area (Å²) in [6, 6.07) is 12.2. The van der Waals surface area contributed by atoms with Gasteiger partial charge in [0.2, 0.25) is 15.9 Å². The number of para-hydroxylation sites is 1. The van der Waals surface area contributed by atoms with Gasteiger partial charge in [0.1, 0.15) is 5.75 Å². The van der Waals surface area contributed by atoms with E-state index in [1.807, 2.05) is 31.2 Å². The molecule has 31 heavy (non-hydrogen) atoms. The van der Waals surface area contributed by atoms with Crippen molar-refractivity contribution in [2.75, 3.05) is 20.2 Å². The number of amides is 1. The standard InChI is InChI=1S/C22H26Cl2N2O4S/c1-15(18-5-3-4-6-21(18)30-2)25-22(27)17-9-11-26(12-10-17)31(28,29)14-16-7-8-19(23)20(24)13-16/h3-8,13,15,17H,9-12,14H2,1-2H3,(H,25,27)/t15-/m1/s1. The summed E-state index contributed by atoms with van der Waals surface area (Å²) in [7, 11) is -1.91. The molecule has 1 N–H and O–H groups in total. The molecule has 0 aliphatic carbocycles. The van der Waals surface area contributed by atoms with Crippen LogP contribution in [0.2, 0.25) is 10.0 Å². The molecule has 9 heteroatoms. The van der Waals surface area contributed by atoms with E-state index in [1.54, 1.807) is 25.3 Å². The Morgan fingerprint density at radius 1 is 1.16 bits per heavy atom. The molecule has 1 aliphatic heterocycles. The molecule has 168 valence electrons. The molecule has 1 amide bonds. The van der Waals surface area contributed by atoms with Crippen molar-refractivity contribution >= 4 is 39.1 Å². The van der Waals surface area contributed by atoms with Gasteiger partial charge in [-0.05, 0) is 43.5 Å². The van der Waals surface area contributed by atoms with E-state index in [2.05, 4.69) is 5.32 Å². The summed E-state index contributed by atoms with van der Waals surface area (Å²) in [5, 5.41) is 3.75. The van der Waals surface area contributed by atoms with Gasteiger partial charge in [-0.3, -0.25) is 4.79 Å². The molecule has 0 saturated carbocycles. The van der Waals surface area contributed by atoms with Crippen LogP contribution < -0.4 is 10.1 Å². The highest BCUT2D eigenvalue weighted by Crippen LogP contribution is 2.28. The van der Waals surface area contributed by atoms with Crippen molar-refractivity contribution in [3.8, 4) is 5.75 Å². The number of halogens is 2. The van der Waals surface area contributed by atoms with Crippen LogP contribution in [0.25, 0.3) is 0 Å². The fourth-order valence-corrected chi connectivity index (χ4v) is 5.63. The second-order valence-corrected chi connectivity index (χ2v) is 10.4. The molecule has 0 spiro atoms. The highest BCUT2D eigenvalue weighted by atomic mass is 35.5. The molecule has 1 fully saturated rings. The molecule has 1 heterocycles. The van der Waals surface area contributed by atoms with Crippen LogP contribution in [0.5, 0.6) is 5.75 Å². The predicted molar refractivity (Wildman–Crippen MR) is 123 cm³/mol. The lowest BCUT2D eigenvalue weighted by Crippen LogP contribution is -2.43. The first-order valence-electron chi connectivity index (χ1n) is 10.1. The van der Waals surface area contributed by atoms with E-state index in [9.17, 15) is 13.2 Å². The molecule has 0 aromatic heterocycles. The molecular weight excluding hydrogens is 459 g/mol. The molecular formula is C22H26Cl2N2O4S. The summed E-state index contributed by atoms with van der Waals surface area (Å²) in [6.07, 6.45) is 0.955. The van der Waals surface area contributed by atoms with Crippen molar-refractivity contribution in [2.45, 2.75) is 31.6 Å². The number of carbonyl (C=O) groups excluding carboxylic acids is 1. The number of rotatable bonds is 7. The summed E-state index contributed by atoms with van der Waals surface area (Å²) < 4.78 is 32.4. The zero-order chi connectivity index (χ0) is 22.6. The van der Waals surface area contributed by atoms with Crippen molar-refractivity contribution in [1.82, 2.24) is 9.62 Å². The third kappa shape index (κ3) is 5.92. The van der Waals surface area contributed by atoms with E-state index in [4.69, 9.17) is 27.9 Å². The van der Waals surface area contributed by atoms with Crippen molar-refractivity contribution in [3.05, 3.63) is 63.6 Å². The van der Waals surface area contributed by atoms with Gasteiger partial charge in [-0.25, -0.2) is 12.7 Å². The topological polar surface area (TPSA) is 75.7 Å². The van der Waals surface area contributed by atoms with Gasteiger partial charge in [0, 0.05) is 24.6 Å². The number of nitrogens with zero attached hydrogens (tertiary/aromatic N) is 1. The predicted octanol–water partition coefficient (Wildman–Crippen LogP) is 4.42. The minimum atomic E-state index is -3.51. The maximum absolute atomic E-state index is 12.8. The molecule has 6 nitrogen and oxygen atoms in total. The summed E-state index contributed by atoms with van der Waals surface area (Å²) in [6.45, 7) is 2.53. The third-order valence-corrected chi connectivity index (χ3v) is 8.10. The molecule has 1 saturated heterocycles. The summed E-state index contributed by atoms with van der Waals surface area (Å²) in [4.78, 5) is 12.8. The molecule has 1 atom stereocenters. The van der Waals surface area contributed by atoms with Crippen LogP contribution in [0.15, 0.2) is 42.5 Å². The number of carbonyl (C=O) groups is 1. The third-order valence-electron chi connectivity index (χ3n) is 5.52. The lowest BCUT2D eigenvalue weighted by molar-refractivity contribution is -0.126. The van der Waals surface area contributed by atoms with Crippen LogP contribution in [0, 0.1) is 5.92 Å². The molecule has 1 aliphatic rings.